The lowest BCUT2D eigenvalue weighted by atomic mass is 9.98. The molecular formula is C23H36N6O. The highest BCUT2D eigenvalue weighted by Gasteiger charge is 2.13. The van der Waals surface area contributed by atoms with Crippen molar-refractivity contribution in [2.24, 2.45) is 4.99 Å². The van der Waals surface area contributed by atoms with Crippen LogP contribution in [0, 0.1) is 13.8 Å². The van der Waals surface area contributed by atoms with E-state index in [1.54, 1.807) is 0 Å². The fourth-order valence-corrected chi connectivity index (χ4v) is 3.77. The highest BCUT2D eigenvalue weighted by Crippen LogP contribution is 2.20. The third kappa shape index (κ3) is 6.83. The lowest BCUT2D eigenvalue weighted by molar-refractivity contribution is 0.0277. The van der Waals surface area contributed by atoms with E-state index in [2.05, 4.69) is 44.8 Å². The maximum absolute atomic E-state index is 6.00. The molecule has 0 radical (unpaired) electrons. The number of aliphatic imine (C=N–C) groups is 1. The average Bonchev–Trinajstić information content (AvgIpc) is 3.10. The molecule has 0 amide bonds. The van der Waals surface area contributed by atoms with Crippen LogP contribution in [0.15, 0.2) is 29.4 Å². The van der Waals surface area contributed by atoms with Crippen molar-refractivity contribution >= 4 is 5.96 Å². The quantitative estimate of drug-likeness (QED) is 0.373. The Labute approximate surface area is 180 Å². The molecule has 2 aromatic rings. The Hall–Kier alpha value is -2.41. The summed E-state index contributed by atoms with van der Waals surface area (Å²) in [4.78, 5) is 9.24. The number of aryl methyl sites for hydroxylation is 2. The SMILES string of the molecule is CCNC(=NCc1ccc(-n2nc(C)cc2C)nc1)NCCCOC1CCCCC1. The van der Waals surface area contributed by atoms with Crippen LogP contribution in [0.25, 0.3) is 5.82 Å². The standard InChI is InChI=1S/C23H36N6O/c1-4-24-23(25-13-8-14-30-21-9-6-5-7-10-21)27-17-20-11-12-22(26-16-20)29-19(3)15-18(2)28-29/h11-12,15-16,21H,4-10,13-14,17H2,1-3H3,(H2,24,25,27). The zero-order chi connectivity index (χ0) is 21.2. The monoisotopic (exact) mass is 412 g/mol. The summed E-state index contributed by atoms with van der Waals surface area (Å²) in [6.45, 7) is 9.19. The van der Waals surface area contributed by atoms with Gasteiger partial charge in [-0.1, -0.05) is 25.3 Å². The second-order valence-electron chi connectivity index (χ2n) is 7.97. The molecule has 0 aromatic carbocycles. The molecule has 0 atom stereocenters. The van der Waals surface area contributed by atoms with E-state index in [-0.39, 0.29) is 0 Å². The number of rotatable bonds is 9. The van der Waals surface area contributed by atoms with E-state index in [1.165, 1.54) is 32.1 Å². The fourth-order valence-electron chi connectivity index (χ4n) is 3.77. The third-order valence-electron chi connectivity index (χ3n) is 5.32. The van der Waals surface area contributed by atoms with Gasteiger partial charge in [-0.05, 0) is 57.7 Å². The Morgan fingerprint density at radius 3 is 2.70 bits per heavy atom. The minimum Gasteiger partial charge on any atom is -0.378 e. The molecule has 7 nitrogen and oxygen atoms in total. The van der Waals surface area contributed by atoms with Crippen molar-refractivity contribution in [2.75, 3.05) is 19.7 Å². The zero-order valence-electron chi connectivity index (χ0n) is 18.7. The minimum atomic E-state index is 0.477. The number of nitrogens with zero attached hydrogens (tertiary/aromatic N) is 4. The van der Waals surface area contributed by atoms with Gasteiger partial charge in [-0.25, -0.2) is 14.7 Å². The van der Waals surface area contributed by atoms with Crippen LogP contribution in [0.1, 0.15) is 62.4 Å². The Morgan fingerprint density at radius 1 is 1.20 bits per heavy atom. The van der Waals surface area contributed by atoms with Crippen LogP contribution in [0.4, 0.5) is 0 Å². The van der Waals surface area contributed by atoms with Gasteiger partial charge < -0.3 is 15.4 Å². The molecule has 7 heteroatoms. The first-order valence-electron chi connectivity index (χ1n) is 11.3. The van der Waals surface area contributed by atoms with E-state index in [0.29, 0.717) is 12.6 Å². The van der Waals surface area contributed by atoms with Crippen LogP contribution in [-0.4, -0.2) is 46.5 Å². The maximum atomic E-state index is 6.00. The van der Waals surface area contributed by atoms with Gasteiger partial charge in [0.1, 0.15) is 0 Å². The molecule has 3 rings (SSSR count). The summed E-state index contributed by atoms with van der Waals surface area (Å²) in [6, 6.07) is 6.10. The molecule has 1 saturated carbocycles. The van der Waals surface area contributed by atoms with Gasteiger partial charge in [0.25, 0.3) is 0 Å². The fraction of sp³-hybridized carbons (Fsp3) is 0.609. The number of ether oxygens (including phenoxy) is 1. The van der Waals surface area contributed by atoms with Gasteiger partial charge in [0.15, 0.2) is 11.8 Å². The van der Waals surface area contributed by atoms with Crippen LogP contribution >= 0.6 is 0 Å². The lowest BCUT2D eigenvalue weighted by Crippen LogP contribution is -2.38. The van der Waals surface area contributed by atoms with Crippen LogP contribution in [-0.2, 0) is 11.3 Å². The Morgan fingerprint density at radius 2 is 2.03 bits per heavy atom. The van der Waals surface area contributed by atoms with E-state index in [9.17, 15) is 0 Å². The number of nitrogens with one attached hydrogen (secondary N) is 2. The molecule has 2 N–H and O–H groups in total. The summed E-state index contributed by atoms with van der Waals surface area (Å²) in [6.07, 6.45) is 9.79. The minimum absolute atomic E-state index is 0.477. The number of hydrogen-bond donors (Lipinski definition) is 2. The van der Waals surface area contributed by atoms with E-state index < -0.39 is 0 Å². The Bertz CT molecular complexity index is 793. The normalized spacial score (nSPS) is 15.4. The van der Waals surface area contributed by atoms with Gasteiger partial charge in [0.05, 0.1) is 18.3 Å². The van der Waals surface area contributed by atoms with E-state index in [1.807, 2.05) is 30.8 Å². The Balaban J connectivity index is 1.44. The summed E-state index contributed by atoms with van der Waals surface area (Å²) in [5.74, 6) is 1.66. The molecular weight excluding hydrogens is 376 g/mol. The first-order valence-corrected chi connectivity index (χ1v) is 11.3. The Kier molecular flexibility index (Phi) is 8.68. The average molecular weight is 413 g/mol. The van der Waals surface area contributed by atoms with Crippen molar-refractivity contribution in [3.05, 3.63) is 41.3 Å². The molecule has 2 aromatic heterocycles. The highest BCUT2D eigenvalue weighted by molar-refractivity contribution is 5.79. The summed E-state index contributed by atoms with van der Waals surface area (Å²) in [7, 11) is 0. The van der Waals surface area contributed by atoms with Gasteiger partial charge in [-0.2, -0.15) is 5.10 Å². The number of aromatic nitrogens is 3. The van der Waals surface area contributed by atoms with Crippen molar-refractivity contribution in [3.8, 4) is 5.82 Å². The first kappa shape index (κ1) is 22.3. The van der Waals surface area contributed by atoms with E-state index in [4.69, 9.17) is 4.74 Å². The largest absolute Gasteiger partial charge is 0.378 e. The van der Waals surface area contributed by atoms with Gasteiger partial charge >= 0.3 is 0 Å². The predicted molar refractivity (Wildman–Crippen MR) is 121 cm³/mol. The topological polar surface area (TPSA) is 76.4 Å². The van der Waals surface area contributed by atoms with Crippen molar-refractivity contribution in [2.45, 2.75) is 71.9 Å². The molecule has 2 heterocycles. The van der Waals surface area contributed by atoms with Crippen molar-refractivity contribution < 1.29 is 4.74 Å². The maximum Gasteiger partial charge on any atom is 0.191 e. The summed E-state index contributed by atoms with van der Waals surface area (Å²) >= 11 is 0. The predicted octanol–water partition coefficient (Wildman–Crippen LogP) is 3.68. The number of hydrogen-bond acceptors (Lipinski definition) is 4. The lowest BCUT2D eigenvalue weighted by Gasteiger charge is -2.22. The highest BCUT2D eigenvalue weighted by atomic mass is 16.5. The van der Waals surface area contributed by atoms with E-state index in [0.717, 1.165) is 54.8 Å². The summed E-state index contributed by atoms with van der Waals surface area (Å²) in [5, 5.41) is 11.2. The second-order valence-corrected chi connectivity index (χ2v) is 7.97. The molecule has 1 fully saturated rings. The summed E-state index contributed by atoms with van der Waals surface area (Å²) < 4.78 is 7.86. The molecule has 0 spiro atoms. The smallest absolute Gasteiger partial charge is 0.191 e. The first-order chi connectivity index (χ1) is 14.7. The van der Waals surface area contributed by atoms with Crippen molar-refractivity contribution in [3.63, 3.8) is 0 Å². The van der Waals surface area contributed by atoms with E-state index >= 15 is 0 Å². The molecule has 30 heavy (non-hydrogen) atoms. The molecule has 0 unspecified atom stereocenters. The number of guanidine groups is 1. The molecule has 0 bridgehead atoms. The summed E-state index contributed by atoms with van der Waals surface area (Å²) in [5.41, 5.74) is 3.14. The van der Waals surface area contributed by atoms with Crippen LogP contribution in [0.3, 0.4) is 0 Å². The van der Waals surface area contributed by atoms with Crippen LogP contribution in [0.2, 0.25) is 0 Å². The van der Waals surface area contributed by atoms with Gasteiger partial charge in [0.2, 0.25) is 0 Å². The molecule has 1 aliphatic carbocycles. The second kappa shape index (κ2) is 11.7. The molecule has 1 aliphatic rings. The van der Waals surface area contributed by atoms with Crippen LogP contribution in [0.5, 0.6) is 0 Å². The van der Waals surface area contributed by atoms with Gasteiger partial charge in [-0.3, -0.25) is 0 Å². The third-order valence-corrected chi connectivity index (χ3v) is 5.32. The van der Waals surface area contributed by atoms with Crippen molar-refractivity contribution in [1.82, 2.24) is 25.4 Å². The number of pyridine rings is 1. The zero-order valence-corrected chi connectivity index (χ0v) is 18.7. The van der Waals surface area contributed by atoms with Gasteiger partial charge in [0, 0.05) is 31.6 Å². The molecule has 0 aliphatic heterocycles. The van der Waals surface area contributed by atoms with Gasteiger partial charge in [-0.15, -0.1) is 0 Å². The molecule has 164 valence electrons. The van der Waals surface area contributed by atoms with Crippen LogP contribution < -0.4 is 10.6 Å². The van der Waals surface area contributed by atoms with Crippen molar-refractivity contribution in [1.29, 1.82) is 0 Å². The molecule has 0 saturated heterocycles.